The van der Waals surface area contributed by atoms with Crippen LogP contribution in [0.2, 0.25) is 0 Å². The summed E-state index contributed by atoms with van der Waals surface area (Å²) in [7, 11) is 0. The van der Waals surface area contributed by atoms with Crippen molar-refractivity contribution in [3.8, 4) is 0 Å². The molecule has 0 radical (unpaired) electrons. The van der Waals surface area contributed by atoms with Gasteiger partial charge in [-0.3, -0.25) is 0 Å². The summed E-state index contributed by atoms with van der Waals surface area (Å²) in [5.41, 5.74) is 5.86. The van der Waals surface area contributed by atoms with E-state index >= 15 is 0 Å². The van der Waals surface area contributed by atoms with Gasteiger partial charge in [0.2, 0.25) is 0 Å². The third-order valence-electron chi connectivity index (χ3n) is 3.27. The number of carboxylic acid groups (broad SMARTS) is 1. The Morgan fingerprint density at radius 3 is 2.09 bits per heavy atom. The summed E-state index contributed by atoms with van der Waals surface area (Å²) in [6.07, 6.45) is 0.445. The number of halogens is 4. The first-order chi connectivity index (χ1) is 9.58. The molecule has 0 heterocycles. The van der Waals surface area contributed by atoms with Crippen molar-refractivity contribution in [2.45, 2.75) is 19.0 Å². The quantitative estimate of drug-likeness (QED) is 0.366. The molecule has 1 aromatic carbocycles. The third-order valence-corrected chi connectivity index (χ3v) is 3.65. The topological polar surface area (TPSA) is 69.4 Å². The van der Waals surface area contributed by atoms with Crippen molar-refractivity contribution in [3.63, 3.8) is 0 Å². The van der Waals surface area contributed by atoms with Gasteiger partial charge in [0.1, 0.15) is 6.54 Å². The van der Waals surface area contributed by atoms with Gasteiger partial charge in [-0.05, 0) is 5.56 Å². The standard InChI is InChI=1S/C14H20Cl2N2O2.2ClH/c15-5-7-18(8-6-16)10-12-4-2-1-3-11(12)9-13(17)14(19)20;;/h1-4,13H,5-10,17H2,(H,19,20);2*1H. The average Bonchev–Trinajstić information content (AvgIpc) is 2.41. The smallest absolute Gasteiger partial charge is 0.362 e. The van der Waals surface area contributed by atoms with Crippen LogP contribution in [0.3, 0.4) is 0 Å². The van der Waals surface area contributed by atoms with Gasteiger partial charge in [-0.2, -0.15) is 0 Å². The summed E-state index contributed by atoms with van der Waals surface area (Å²) in [5, 5.41) is 8.98. The number of carboxylic acids is 1. The summed E-state index contributed by atoms with van der Waals surface area (Å²) in [4.78, 5) is 12.2. The van der Waals surface area contributed by atoms with E-state index in [0.717, 1.165) is 30.8 Å². The second-order valence-electron chi connectivity index (χ2n) is 4.81. The lowest BCUT2D eigenvalue weighted by Crippen LogP contribution is -3.11. The van der Waals surface area contributed by atoms with Crippen LogP contribution in [0.4, 0.5) is 0 Å². The highest BCUT2D eigenvalue weighted by Gasteiger charge is 2.19. The lowest BCUT2D eigenvalue weighted by atomic mass is 10.00. The molecule has 0 saturated heterocycles. The molecule has 0 bridgehead atoms. The van der Waals surface area contributed by atoms with Gasteiger partial charge in [0.05, 0.1) is 24.8 Å². The second-order valence-corrected chi connectivity index (χ2v) is 5.57. The lowest BCUT2D eigenvalue weighted by molar-refractivity contribution is -0.909. The maximum Gasteiger partial charge on any atom is 0.362 e. The van der Waals surface area contributed by atoms with Gasteiger partial charge in [-0.15, -0.1) is 23.2 Å². The Morgan fingerprint density at radius 2 is 1.64 bits per heavy atom. The molecule has 0 saturated carbocycles. The minimum atomic E-state index is -0.870. The molecule has 8 heteroatoms. The molecule has 0 aliphatic heterocycles. The van der Waals surface area contributed by atoms with Crippen LogP contribution in [0.1, 0.15) is 11.1 Å². The molecule has 0 aliphatic rings. The fourth-order valence-electron chi connectivity index (χ4n) is 2.12. The summed E-state index contributed by atoms with van der Waals surface area (Å²) >= 11 is 11.6. The van der Waals surface area contributed by atoms with E-state index in [4.69, 9.17) is 28.3 Å². The first-order valence-corrected chi connectivity index (χ1v) is 7.73. The van der Waals surface area contributed by atoms with E-state index in [9.17, 15) is 4.79 Å². The zero-order chi connectivity index (χ0) is 15.0. The Kier molecular flexibility index (Phi) is 14.5. The van der Waals surface area contributed by atoms with Crippen molar-refractivity contribution in [2.75, 3.05) is 24.8 Å². The van der Waals surface area contributed by atoms with E-state index in [2.05, 4.69) is 5.73 Å². The van der Waals surface area contributed by atoms with Crippen molar-refractivity contribution in [2.24, 2.45) is 0 Å². The molecule has 4 nitrogen and oxygen atoms in total. The molecular formula is C14H22Cl4N2O2. The molecule has 5 N–H and O–H groups in total. The maximum absolute atomic E-state index is 10.9. The van der Waals surface area contributed by atoms with E-state index in [-0.39, 0.29) is 24.8 Å². The normalized spacial score (nSPS) is 11.5. The van der Waals surface area contributed by atoms with Crippen LogP contribution >= 0.6 is 23.2 Å². The van der Waals surface area contributed by atoms with E-state index in [1.165, 1.54) is 4.90 Å². The summed E-state index contributed by atoms with van der Waals surface area (Å²) in [6, 6.07) is 7.27. The Morgan fingerprint density at radius 1 is 1.14 bits per heavy atom. The van der Waals surface area contributed by atoms with Crippen molar-refractivity contribution < 1.29 is 45.3 Å². The summed E-state index contributed by atoms with van der Waals surface area (Å²) in [5.74, 6) is 0.300. The van der Waals surface area contributed by atoms with Gasteiger partial charge < -0.3 is 40.6 Å². The van der Waals surface area contributed by atoms with Crippen LogP contribution in [0.15, 0.2) is 24.3 Å². The summed E-state index contributed by atoms with van der Waals surface area (Å²) in [6.45, 7) is 2.49. The van der Waals surface area contributed by atoms with Crippen LogP contribution in [0.25, 0.3) is 0 Å². The van der Waals surface area contributed by atoms with Gasteiger partial charge in [0.15, 0.2) is 6.04 Å². The van der Waals surface area contributed by atoms with Crippen molar-refractivity contribution in [1.82, 2.24) is 0 Å². The maximum atomic E-state index is 10.9. The number of aliphatic carboxylic acids is 1. The van der Waals surface area contributed by atoms with Gasteiger partial charge in [0, 0.05) is 12.0 Å². The lowest BCUT2D eigenvalue weighted by Gasteiger charge is -2.19. The average molecular weight is 392 g/mol. The minimum absolute atomic E-state index is 0. The fourth-order valence-corrected chi connectivity index (χ4v) is 2.65. The van der Waals surface area contributed by atoms with Gasteiger partial charge >= 0.3 is 5.97 Å². The number of nitrogens with one attached hydrogen (secondary N) is 1. The SMILES string of the molecule is [Cl-].[Cl-].[NH3+]C(Cc1ccccc1C[NH+](CCCl)CCCl)C(=O)O. The molecular weight excluding hydrogens is 370 g/mol. The van der Waals surface area contributed by atoms with Crippen LogP contribution in [-0.4, -0.2) is 42.0 Å². The first kappa shape index (κ1) is 24.0. The predicted octanol–water partition coefficient (Wildman–Crippen LogP) is -6.21. The Labute approximate surface area is 153 Å². The molecule has 0 amide bonds. The molecule has 1 unspecified atom stereocenters. The highest BCUT2D eigenvalue weighted by molar-refractivity contribution is 6.18. The second kappa shape index (κ2) is 13.2. The number of alkyl halides is 2. The molecule has 1 rings (SSSR count). The van der Waals surface area contributed by atoms with Crippen LogP contribution in [0.5, 0.6) is 0 Å². The highest BCUT2D eigenvalue weighted by atomic mass is 35.5. The Hall–Kier alpha value is -0.230. The predicted molar refractivity (Wildman–Crippen MR) is 80.3 cm³/mol. The number of carbonyl (C=O) groups is 1. The number of benzene rings is 1. The Balaban J connectivity index is 0. The van der Waals surface area contributed by atoms with Gasteiger partial charge in [-0.1, -0.05) is 24.3 Å². The largest absolute Gasteiger partial charge is 1.00 e. The van der Waals surface area contributed by atoms with Crippen LogP contribution in [-0.2, 0) is 17.8 Å². The first-order valence-electron chi connectivity index (χ1n) is 6.66. The molecule has 0 fully saturated rings. The fraction of sp³-hybridized carbons (Fsp3) is 0.500. The van der Waals surface area contributed by atoms with Crippen molar-refractivity contribution in [3.05, 3.63) is 35.4 Å². The van der Waals surface area contributed by atoms with Gasteiger partial charge in [-0.25, -0.2) is 4.79 Å². The third kappa shape index (κ3) is 8.42. The molecule has 0 aliphatic carbocycles. The van der Waals surface area contributed by atoms with E-state index in [1.54, 1.807) is 0 Å². The Bertz CT molecular complexity index is 429. The molecule has 128 valence electrons. The van der Waals surface area contributed by atoms with Crippen LogP contribution < -0.4 is 35.4 Å². The minimum Gasteiger partial charge on any atom is -1.00 e. The summed E-state index contributed by atoms with van der Waals surface area (Å²) < 4.78 is 0. The number of hydrogen-bond acceptors (Lipinski definition) is 1. The monoisotopic (exact) mass is 390 g/mol. The van der Waals surface area contributed by atoms with E-state index in [0.29, 0.717) is 18.2 Å². The van der Waals surface area contributed by atoms with Gasteiger partial charge in [0.25, 0.3) is 0 Å². The highest BCUT2D eigenvalue weighted by Crippen LogP contribution is 2.09. The zero-order valence-corrected chi connectivity index (χ0v) is 15.2. The van der Waals surface area contributed by atoms with Crippen molar-refractivity contribution >= 4 is 29.2 Å². The van der Waals surface area contributed by atoms with E-state index in [1.807, 2.05) is 24.3 Å². The molecule has 1 atom stereocenters. The number of quaternary nitrogens is 2. The number of hydrogen-bond donors (Lipinski definition) is 3. The van der Waals surface area contributed by atoms with E-state index < -0.39 is 12.0 Å². The number of rotatable bonds is 9. The molecule has 0 spiro atoms. The molecule has 1 aromatic rings. The van der Waals surface area contributed by atoms with Crippen LogP contribution in [0, 0.1) is 0 Å². The molecule has 22 heavy (non-hydrogen) atoms. The molecule has 0 aromatic heterocycles. The van der Waals surface area contributed by atoms with Crippen molar-refractivity contribution in [1.29, 1.82) is 0 Å². The zero-order valence-electron chi connectivity index (χ0n) is 12.2.